The molecule has 1 unspecified atom stereocenters. The molecular formula is C11H14ClNO2S. The molecule has 1 aromatic rings. The van der Waals surface area contributed by atoms with Crippen LogP contribution in [0.2, 0.25) is 5.02 Å². The number of halogens is 1. The second-order valence-electron chi connectivity index (χ2n) is 3.55. The van der Waals surface area contributed by atoms with Crippen LogP contribution in [0.4, 0.5) is 0 Å². The lowest BCUT2D eigenvalue weighted by molar-refractivity contribution is 0.0934. The minimum Gasteiger partial charge on any atom is -0.396 e. The van der Waals surface area contributed by atoms with E-state index in [4.69, 9.17) is 16.7 Å². The first-order chi connectivity index (χ1) is 7.54. The molecular weight excluding hydrogens is 246 g/mol. The normalized spacial score (nSPS) is 12.2. The van der Waals surface area contributed by atoms with Crippen LogP contribution in [0.25, 0.3) is 0 Å². The summed E-state index contributed by atoms with van der Waals surface area (Å²) < 4.78 is 0. The first-order valence-electron chi connectivity index (χ1n) is 4.95. The first-order valence-corrected chi connectivity index (χ1v) is 5.77. The van der Waals surface area contributed by atoms with Crippen LogP contribution in [0, 0.1) is 0 Å². The summed E-state index contributed by atoms with van der Waals surface area (Å²) >= 11 is 10.1. The quantitative estimate of drug-likeness (QED) is 0.726. The summed E-state index contributed by atoms with van der Waals surface area (Å²) in [4.78, 5) is 12.5. The fourth-order valence-electron chi connectivity index (χ4n) is 1.25. The van der Waals surface area contributed by atoms with E-state index < -0.39 is 0 Å². The van der Waals surface area contributed by atoms with Crippen molar-refractivity contribution in [1.29, 1.82) is 0 Å². The largest absolute Gasteiger partial charge is 0.396 e. The van der Waals surface area contributed by atoms with Gasteiger partial charge >= 0.3 is 0 Å². The first kappa shape index (κ1) is 13.4. The molecule has 5 heteroatoms. The second kappa shape index (κ2) is 6.13. The molecule has 0 aromatic heterocycles. The maximum absolute atomic E-state index is 11.8. The fourth-order valence-corrected chi connectivity index (χ4v) is 1.66. The number of thiol groups is 1. The second-order valence-corrected chi connectivity index (χ2v) is 4.47. The molecule has 0 aliphatic carbocycles. The predicted octanol–water partition coefficient (Wildman–Crippen LogP) is 2.13. The number of carbonyl (C=O) groups is 1. The van der Waals surface area contributed by atoms with Crippen molar-refractivity contribution in [2.45, 2.75) is 24.3 Å². The summed E-state index contributed by atoms with van der Waals surface area (Å²) in [6, 6.07) is 4.89. The molecule has 88 valence electrons. The van der Waals surface area contributed by atoms with Gasteiger partial charge in [0.1, 0.15) is 0 Å². The van der Waals surface area contributed by atoms with Crippen LogP contribution in [0.15, 0.2) is 23.1 Å². The van der Waals surface area contributed by atoms with E-state index in [-0.39, 0.29) is 18.6 Å². The third kappa shape index (κ3) is 3.70. The predicted molar refractivity (Wildman–Crippen MR) is 67.3 cm³/mol. The molecule has 0 saturated heterocycles. The third-order valence-electron chi connectivity index (χ3n) is 2.13. The number of benzene rings is 1. The molecule has 1 aromatic carbocycles. The van der Waals surface area contributed by atoms with E-state index in [1.807, 2.05) is 6.92 Å². The van der Waals surface area contributed by atoms with Gasteiger partial charge in [0.2, 0.25) is 0 Å². The summed E-state index contributed by atoms with van der Waals surface area (Å²) in [6.07, 6.45) is 0.518. The summed E-state index contributed by atoms with van der Waals surface area (Å²) in [5.74, 6) is -0.248. The van der Waals surface area contributed by atoms with Crippen molar-refractivity contribution in [2.24, 2.45) is 0 Å². The van der Waals surface area contributed by atoms with Gasteiger partial charge in [0.05, 0.1) is 10.6 Å². The number of carbonyl (C=O) groups excluding carboxylic acids is 1. The molecule has 0 aliphatic rings. The van der Waals surface area contributed by atoms with Crippen LogP contribution >= 0.6 is 24.2 Å². The van der Waals surface area contributed by atoms with Crippen molar-refractivity contribution >= 4 is 30.1 Å². The Hall–Kier alpha value is -0.710. The van der Waals surface area contributed by atoms with Gasteiger partial charge in [-0.1, -0.05) is 11.6 Å². The smallest absolute Gasteiger partial charge is 0.253 e. The van der Waals surface area contributed by atoms with Gasteiger partial charge in [0.15, 0.2) is 0 Å². The number of hydrogen-bond acceptors (Lipinski definition) is 3. The molecule has 0 heterocycles. The lowest BCUT2D eigenvalue weighted by Gasteiger charge is -2.13. The lowest BCUT2D eigenvalue weighted by atomic mass is 10.2. The number of hydrogen-bond donors (Lipinski definition) is 3. The average Bonchev–Trinajstić information content (AvgIpc) is 2.21. The van der Waals surface area contributed by atoms with Crippen molar-refractivity contribution in [3.8, 4) is 0 Å². The van der Waals surface area contributed by atoms with Crippen molar-refractivity contribution in [1.82, 2.24) is 5.32 Å². The molecule has 0 fully saturated rings. The SMILES string of the molecule is CC(CCO)NC(=O)c1cc(S)ccc1Cl. The van der Waals surface area contributed by atoms with Crippen molar-refractivity contribution in [3.63, 3.8) is 0 Å². The Morgan fingerprint density at radius 1 is 1.62 bits per heavy atom. The van der Waals surface area contributed by atoms with Crippen LogP contribution in [0.1, 0.15) is 23.7 Å². The third-order valence-corrected chi connectivity index (χ3v) is 2.74. The van der Waals surface area contributed by atoms with Crippen LogP contribution in [-0.4, -0.2) is 23.7 Å². The summed E-state index contributed by atoms with van der Waals surface area (Å²) in [7, 11) is 0. The van der Waals surface area contributed by atoms with E-state index in [9.17, 15) is 4.79 Å². The highest BCUT2D eigenvalue weighted by atomic mass is 35.5. The van der Waals surface area contributed by atoms with Crippen molar-refractivity contribution in [3.05, 3.63) is 28.8 Å². The maximum Gasteiger partial charge on any atom is 0.253 e. The molecule has 2 N–H and O–H groups in total. The molecule has 0 radical (unpaired) electrons. The van der Waals surface area contributed by atoms with E-state index in [1.165, 1.54) is 0 Å². The van der Waals surface area contributed by atoms with Gasteiger partial charge in [-0.3, -0.25) is 4.79 Å². The molecule has 16 heavy (non-hydrogen) atoms. The number of nitrogens with one attached hydrogen (secondary N) is 1. The highest BCUT2D eigenvalue weighted by Gasteiger charge is 2.12. The minimum atomic E-state index is -0.248. The molecule has 1 atom stereocenters. The zero-order valence-corrected chi connectivity index (χ0v) is 10.6. The molecule has 0 spiro atoms. The maximum atomic E-state index is 11.8. The molecule has 1 rings (SSSR count). The zero-order valence-electron chi connectivity index (χ0n) is 8.90. The van der Waals surface area contributed by atoms with Gasteiger partial charge in [-0.2, -0.15) is 0 Å². The molecule has 0 bridgehead atoms. The molecule has 0 saturated carbocycles. The number of aliphatic hydroxyl groups excluding tert-OH is 1. The number of rotatable bonds is 4. The molecule has 1 amide bonds. The topological polar surface area (TPSA) is 49.3 Å². The van der Waals surface area contributed by atoms with E-state index in [2.05, 4.69) is 17.9 Å². The Morgan fingerprint density at radius 3 is 2.94 bits per heavy atom. The van der Waals surface area contributed by atoms with Gasteiger partial charge in [-0.05, 0) is 31.5 Å². The van der Waals surface area contributed by atoms with E-state index in [0.29, 0.717) is 21.9 Å². The van der Waals surface area contributed by atoms with E-state index in [0.717, 1.165) is 0 Å². The Kier molecular flexibility index (Phi) is 5.12. The minimum absolute atomic E-state index is 0.0434. The fraction of sp³-hybridized carbons (Fsp3) is 0.364. The van der Waals surface area contributed by atoms with Crippen LogP contribution in [-0.2, 0) is 0 Å². The summed E-state index contributed by atoms with van der Waals surface area (Å²) in [5.41, 5.74) is 0.402. The van der Waals surface area contributed by atoms with Crippen molar-refractivity contribution in [2.75, 3.05) is 6.61 Å². The van der Waals surface area contributed by atoms with Gasteiger partial charge in [0.25, 0.3) is 5.91 Å². The van der Waals surface area contributed by atoms with E-state index in [1.54, 1.807) is 18.2 Å². The van der Waals surface area contributed by atoms with E-state index >= 15 is 0 Å². The van der Waals surface area contributed by atoms with Crippen molar-refractivity contribution < 1.29 is 9.90 Å². The van der Waals surface area contributed by atoms with Crippen LogP contribution in [0.3, 0.4) is 0 Å². The number of aliphatic hydroxyl groups is 1. The Labute approximate surface area is 105 Å². The lowest BCUT2D eigenvalue weighted by Crippen LogP contribution is -2.33. The Morgan fingerprint density at radius 2 is 2.31 bits per heavy atom. The zero-order chi connectivity index (χ0) is 12.1. The summed E-state index contributed by atoms with van der Waals surface area (Å²) in [5, 5.41) is 11.9. The van der Waals surface area contributed by atoms with Gasteiger partial charge in [-0.25, -0.2) is 0 Å². The standard InChI is InChI=1S/C11H14ClNO2S/c1-7(4-5-14)13-11(15)9-6-8(16)2-3-10(9)12/h2-3,6-7,14,16H,4-5H2,1H3,(H,13,15). The molecule has 3 nitrogen and oxygen atoms in total. The molecule has 0 aliphatic heterocycles. The Bertz CT molecular complexity index is 384. The van der Waals surface area contributed by atoms with Gasteiger partial charge in [0, 0.05) is 17.5 Å². The average molecular weight is 260 g/mol. The number of amides is 1. The van der Waals surface area contributed by atoms with Crippen LogP contribution in [0.5, 0.6) is 0 Å². The summed E-state index contributed by atoms with van der Waals surface area (Å²) in [6.45, 7) is 1.87. The van der Waals surface area contributed by atoms with Crippen LogP contribution < -0.4 is 5.32 Å². The van der Waals surface area contributed by atoms with Gasteiger partial charge in [-0.15, -0.1) is 12.6 Å². The highest BCUT2D eigenvalue weighted by Crippen LogP contribution is 2.19. The Balaban J connectivity index is 2.76. The monoisotopic (exact) mass is 259 g/mol. The highest BCUT2D eigenvalue weighted by molar-refractivity contribution is 7.80. The van der Waals surface area contributed by atoms with Gasteiger partial charge < -0.3 is 10.4 Å².